The summed E-state index contributed by atoms with van der Waals surface area (Å²) in [5.74, 6) is 0.208. The third kappa shape index (κ3) is 2.84. The van der Waals surface area contributed by atoms with Crippen molar-refractivity contribution in [3.8, 4) is 22.4 Å². The Bertz CT molecular complexity index is 1190. The molecule has 0 aliphatic carbocycles. The molecule has 0 fully saturated rings. The van der Waals surface area contributed by atoms with Gasteiger partial charge in [-0.25, -0.2) is 0 Å². The van der Waals surface area contributed by atoms with E-state index in [-0.39, 0.29) is 5.78 Å². The number of hydrogen-bond donors (Lipinski definition) is 0. The van der Waals surface area contributed by atoms with E-state index in [1.807, 2.05) is 6.92 Å². The van der Waals surface area contributed by atoms with Crippen LogP contribution in [-0.4, -0.2) is 14.8 Å². The molecule has 0 N–H and O–H groups in total. The Kier molecular flexibility index (Phi) is 4.39. The minimum absolute atomic E-state index is 0.208. The number of imidazole rings is 1. The topological polar surface area (TPSA) is 26.4 Å². The molecule has 0 amide bonds. The van der Waals surface area contributed by atoms with E-state index in [9.17, 15) is 4.79 Å². The zero-order valence-corrected chi connectivity index (χ0v) is 17.1. The molecule has 3 heterocycles. The van der Waals surface area contributed by atoms with Crippen molar-refractivity contribution < 1.29 is 4.79 Å². The number of carbonyl (C=O) groups excluding carboxylic acids is 1. The smallest absolute Gasteiger partial charge is 0.179 e. The van der Waals surface area contributed by atoms with Crippen LogP contribution >= 0.6 is 0 Å². The van der Waals surface area contributed by atoms with Crippen LogP contribution in [0, 0.1) is 6.92 Å². The molecule has 3 nitrogen and oxygen atoms in total. The molecule has 0 unspecified atom stereocenters. The second kappa shape index (κ2) is 7.07. The Labute approximate surface area is 171 Å². The highest BCUT2D eigenvalue weighted by molar-refractivity contribution is 6.04. The number of carbonyl (C=O) groups is 1. The monoisotopic (exact) mass is 382 g/mol. The van der Waals surface area contributed by atoms with Gasteiger partial charge in [0, 0.05) is 30.3 Å². The van der Waals surface area contributed by atoms with E-state index < -0.39 is 0 Å². The molecule has 29 heavy (non-hydrogen) atoms. The average molecular weight is 383 g/mol. The van der Waals surface area contributed by atoms with Crippen molar-refractivity contribution in [2.75, 3.05) is 0 Å². The van der Waals surface area contributed by atoms with Gasteiger partial charge in [-0.2, -0.15) is 0 Å². The van der Waals surface area contributed by atoms with Crippen molar-refractivity contribution in [2.24, 2.45) is 0 Å². The van der Waals surface area contributed by atoms with E-state index in [2.05, 4.69) is 76.7 Å². The number of aryl methyl sites for hydroxylation is 3. The highest BCUT2D eigenvalue weighted by Crippen LogP contribution is 2.39. The maximum absolute atomic E-state index is 13.2. The number of Topliss-reactive ketones (excluding diaryl/α,β-unsaturated/α-hetero) is 1. The van der Waals surface area contributed by atoms with E-state index in [4.69, 9.17) is 0 Å². The number of rotatable bonds is 4. The third-order valence-electron chi connectivity index (χ3n) is 6.13. The Morgan fingerprint density at radius 3 is 2.45 bits per heavy atom. The van der Waals surface area contributed by atoms with Gasteiger partial charge in [-0.15, -0.1) is 0 Å². The fourth-order valence-corrected chi connectivity index (χ4v) is 4.70. The molecule has 4 aromatic rings. The van der Waals surface area contributed by atoms with Gasteiger partial charge in [-0.1, -0.05) is 67.1 Å². The van der Waals surface area contributed by atoms with E-state index in [0.717, 1.165) is 42.6 Å². The van der Waals surface area contributed by atoms with Crippen LogP contribution in [0.2, 0.25) is 0 Å². The van der Waals surface area contributed by atoms with Crippen molar-refractivity contribution in [2.45, 2.75) is 46.1 Å². The number of aromatic nitrogens is 2. The first kappa shape index (κ1) is 18.0. The zero-order valence-electron chi connectivity index (χ0n) is 17.1. The van der Waals surface area contributed by atoms with Gasteiger partial charge in [0.1, 0.15) is 5.65 Å². The molecular formula is C26H26N2O. The Balaban J connectivity index is 1.86. The largest absolute Gasteiger partial charge is 0.325 e. The summed E-state index contributed by atoms with van der Waals surface area (Å²) in [5, 5.41) is 0. The van der Waals surface area contributed by atoms with Crippen LogP contribution in [0.4, 0.5) is 0 Å². The quantitative estimate of drug-likeness (QED) is 0.380. The summed E-state index contributed by atoms with van der Waals surface area (Å²) in [6.07, 6.45) is 6.01. The van der Waals surface area contributed by atoms with Crippen molar-refractivity contribution in [3.05, 3.63) is 77.6 Å². The van der Waals surface area contributed by atoms with Gasteiger partial charge < -0.3 is 4.57 Å². The van der Waals surface area contributed by atoms with Gasteiger partial charge in [-0.3, -0.25) is 9.20 Å². The fraction of sp³-hybridized carbons (Fsp3) is 0.269. The second-order valence-corrected chi connectivity index (χ2v) is 8.03. The minimum Gasteiger partial charge on any atom is -0.325 e. The lowest BCUT2D eigenvalue weighted by molar-refractivity contribution is 0.0983. The summed E-state index contributed by atoms with van der Waals surface area (Å²) in [4.78, 5) is 13.2. The number of nitrogens with zero attached hydrogens (tertiary/aromatic N) is 2. The van der Waals surface area contributed by atoms with Gasteiger partial charge in [0.05, 0.1) is 11.4 Å². The van der Waals surface area contributed by atoms with Crippen molar-refractivity contribution >= 4 is 11.4 Å². The highest BCUT2D eigenvalue weighted by Gasteiger charge is 2.28. The van der Waals surface area contributed by atoms with E-state index in [1.54, 1.807) is 0 Å². The summed E-state index contributed by atoms with van der Waals surface area (Å²) >= 11 is 0. The molecule has 5 rings (SSSR count). The lowest BCUT2D eigenvalue weighted by atomic mass is 9.95. The SMILES string of the molecule is CCC(=O)c1c(-c2ccc(C)cc2)c2c3n(c(-c4ccccc4)cn13)CCCC2. The summed E-state index contributed by atoms with van der Waals surface area (Å²) in [6, 6.07) is 19.2. The molecule has 0 bridgehead atoms. The second-order valence-electron chi connectivity index (χ2n) is 8.03. The maximum atomic E-state index is 13.2. The molecule has 0 atom stereocenters. The molecule has 2 aromatic heterocycles. The Morgan fingerprint density at radius 1 is 0.966 bits per heavy atom. The first-order chi connectivity index (χ1) is 14.2. The molecule has 2 aromatic carbocycles. The summed E-state index contributed by atoms with van der Waals surface area (Å²) in [6.45, 7) is 5.05. The van der Waals surface area contributed by atoms with Crippen molar-refractivity contribution in [3.63, 3.8) is 0 Å². The average Bonchev–Trinajstić information content (AvgIpc) is 3.17. The minimum atomic E-state index is 0.208. The fourth-order valence-electron chi connectivity index (χ4n) is 4.70. The summed E-state index contributed by atoms with van der Waals surface area (Å²) < 4.78 is 4.62. The highest BCUT2D eigenvalue weighted by atomic mass is 16.1. The number of ketones is 1. The number of benzene rings is 2. The zero-order chi connectivity index (χ0) is 20.0. The third-order valence-corrected chi connectivity index (χ3v) is 6.13. The van der Waals surface area contributed by atoms with Crippen LogP contribution < -0.4 is 0 Å². The first-order valence-electron chi connectivity index (χ1n) is 10.6. The van der Waals surface area contributed by atoms with Crippen LogP contribution in [0.15, 0.2) is 60.8 Å². The molecule has 1 aliphatic rings. The van der Waals surface area contributed by atoms with Gasteiger partial charge >= 0.3 is 0 Å². The van der Waals surface area contributed by atoms with Gasteiger partial charge in [0.15, 0.2) is 5.78 Å². The lowest BCUT2D eigenvalue weighted by Gasteiger charge is -2.09. The molecule has 0 saturated heterocycles. The lowest BCUT2D eigenvalue weighted by Crippen LogP contribution is -2.03. The molecule has 0 saturated carbocycles. The molecule has 0 radical (unpaired) electrons. The summed E-state index contributed by atoms with van der Waals surface area (Å²) in [5.41, 5.74) is 9.31. The summed E-state index contributed by atoms with van der Waals surface area (Å²) in [7, 11) is 0. The van der Waals surface area contributed by atoms with E-state index in [0.29, 0.717) is 6.42 Å². The van der Waals surface area contributed by atoms with Crippen LogP contribution in [0.1, 0.15) is 47.8 Å². The Hall–Kier alpha value is -3.07. The van der Waals surface area contributed by atoms with E-state index >= 15 is 0 Å². The van der Waals surface area contributed by atoms with E-state index in [1.165, 1.54) is 28.0 Å². The van der Waals surface area contributed by atoms with Crippen molar-refractivity contribution in [1.29, 1.82) is 0 Å². The molecule has 0 spiro atoms. The van der Waals surface area contributed by atoms with Crippen LogP contribution in [0.3, 0.4) is 0 Å². The predicted octanol–water partition coefficient (Wildman–Crippen LogP) is 6.31. The van der Waals surface area contributed by atoms with Crippen LogP contribution in [0.25, 0.3) is 28.0 Å². The molecular weight excluding hydrogens is 356 g/mol. The standard InChI is InChI=1S/C26H26N2O/c1-3-23(29)25-24(20-14-12-18(2)13-15-20)21-11-7-8-16-27-22(17-28(25)26(21)27)19-9-5-4-6-10-19/h4-6,9-10,12-15,17H,3,7-8,11,16H2,1-2H3. The first-order valence-corrected chi connectivity index (χ1v) is 10.6. The van der Waals surface area contributed by atoms with Gasteiger partial charge in [0.25, 0.3) is 0 Å². The predicted molar refractivity (Wildman–Crippen MR) is 119 cm³/mol. The molecule has 146 valence electrons. The maximum Gasteiger partial charge on any atom is 0.179 e. The molecule has 1 aliphatic heterocycles. The normalized spacial score (nSPS) is 13.6. The molecule has 3 heteroatoms. The van der Waals surface area contributed by atoms with Crippen LogP contribution in [0.5, 0.6) is 0 Å². The van der Waals surface area contributed by atoms with Gasteiger partial charge in [-0.05, 0) is 37.3 Å². The number of hydrogen-bond acceptors (Lipinski definition) is 1. The van der Waals surface area contributed by atoms with Gasteiger partial charge in [0.2, 0.25) is 0 Å². The Morgan fingerprint density at radius 2 is 1.72 bits per heavy atom. The van der Waals surface area contributed by atoms with Crippen molar-refractivity contribution in [1.82, 2.24) is 8.97 Å². The van der Waals surface area contributed by atoms with Crippen LogP contribution in [-0.2, 0) is 13.0 Å².